The molecule has 1 aromatic carbocycles. The Kier molecular flexibility index (Phi) is 7.42. The van der Waals surface area contributed by atoms with Crippen molar-refractivity contribution >= 4 is 5.52 Å². The van der Waals surface area contributed by atoms with Crippen LogP contribution in [0.5, 0.6) is 0 Å². The number of hydrogen-bond donors (Lipinski definition) is 2. The van der Waals surface area contributed by atoms with E-state index in [1.165, 1.54) is 17.0 Å². The van der Waals surface area contributed by atoms with Gasteiger partial charge in [-0.25, -0.2) is 20.0 Å². The van der Waals surface area contributed by atoms with E-state index in [4.69, 9.17) is 0 Å². The minimum Gasteiger partial charge on any atom is -0.299 e. The molecule has 6 rings (SSSR count). The number of nitrogens with one attached hydrogen (secondary N) is 2. The second-order valence-electron chi connectivity index (χ2n) is 12.3. The lowest BCUT2D eigenvalue weighted by Gasteiger charge is -2.39. The average molecular weight is 586 g/mol. The lowest BCUT2D eigenvalue weighted by atomic mass is 9.71. The van der Waals surface area contributed by atoms with Crippen molar-refractivity contribution < 1.29 is 17.6 Å². The van der Waals surface area contributed by atoms with Crippen LogP contribution >= 0.6 is 0 Å². The largest absolute Gasteiger partial charge is 0.418 e. The van der Waals surface area contributed by atoms with Gasteiger partial charge in [-0.15, -0.1) is 0 Å². The monoisotopic (exact) mass is 585 g/mol. The summed E-state index contributed by atoms with van der Waals surface area (Å²) in [6, 6.07) is 8.45. The molecule has 8 nitrogen and oxygen atoms in total. The molecule has 12 heteroatoms. The summed E-state index contributed by atoms with van der Waals surface area (Å²) in [5.74, 6) is 0.396. The maximum Gasteiger partial charge on any atom is 0.418 e. The molecule has 2 saturated heterocycles. The molecule has 2 aromatic heterocycles. The number of rotatable bonds is 6. The number of likely N-dealkylation sites (tertiary alicyclic amines) is 1. The highest BCUT2D eigenvalue weighted by Gasteiger charge is 2.39. The Hall–Kier alpha value is -3.24. The summed E-state index contributed by atoms with van der Waals surface area (Å²) in [6.45, 7) is 3.22. The summed E-state index contributed by atoms with van der Waals surface area (Å²) >= 11 is 0. The van der Waals surface area contributed by atoms with Gasteiger partial charge in [0.05, 0.1) is 41.2 Å². The van der Waals surface area contributed by atoms with Crippen LogP contribution < -0.4 is 16.5 Å². The summed E-state index contributed by atoms with van der Waals surface area (Å²) in [5, 5.41) is 9.87. The lowest BCUT2D eigenvalue weighted by Crippen LogP contribution is -2.44. The van der Waals surface area contributed by atoms with E-state index in [0.717, 1.165) is 35.3 Å². The molecule has 0 amide bonds. The summed E-state index contributed by atoms with van der Waals surface area (Å²) in [6.07, 6.45) is 1.74. The zero-order valence-corrected chi connectivity index (χ0v) is 23.7. The molecule has 0 radical (unpaired) electrons. The third kappa shape index (κ3) is 5.46. The van der Waals surface area contributed by atoms with Crippen molar-refractivity contribution in [2.75, 3.05) is 26.8 Å². The summed E-state index contributed by atoms with van der Waals surface area (Å²) < 4.78 is 59.4. The second kappa shape index (κ2) is 10.8. The van der Waals surface area contributed by atoms with E-state index >= 15 is 0 Å². The highest BCUT2D eigenvalue weighted by molar-refractivity contribution is 5.58. The normalized spacial score (nSPS) is 22.7. The van der Waals surface area contributed by atoms with Crippen molar-refractivity contribution in [2.24, 2.45) is 5.92 Å². The topological polar surface area (TPSA) is 80.7 Å². The average Bonchev–Trinajstić information content (AvgIpc) is 3.48. The van der Waals surface area contributed by atoms with Crippen LogP contribution in [-0.4, -0.2) is 57.4 Å². The van der Waals surface area contributed by atoms with Gasteiger partial charge >= 0.3 is 11.9 Å². The van der Waals surface area contributed by atoms with Gasteiger partial charge in [0.1, 0.15) is 5.67 Å². The predicted octanol–water partition coefficient (Wildman–Crippen LogP) is 4.51. The molecule has 1 saturated carbocycles. The van der Waals surface area contributed by atoms with Crippen LogP contribution in [0.4, 0.5) is 17.6 Å². The van der Waals surface area contributed by atoms with Gasteiger partial charge in [0.2, 0.25) is 0 Å². The van der Waals surface area contributed by atoms with E-state index in [-0.39, 0.29) is 24.1 Å². The number of hydrazine groups is 1. The van der Waals surface area contributed by atoms with E-state index in [1.54, 1.807) is 13.0 Å². The van der Waals surface area contributed by atoms with Gasteiger partial charge in [-0.2, -0.15) is 18.4 Å². The van der Waals surface area contributed by atoms with Crippen LogP contribution in [0, 0.1) is 17.2 Å². The van der Waals surface area contributed by atoms with Gasteiger partial charge in [0, 0.05) is 37.9 Å². The number of halogens is 4. The zero-order valence-electron chi connectivity index (χ0n) is 23.7. The number of fused-ring (bicyclic) bond motifs is 1. The fraction of sp³-hybridized carbons (Fsp3) is 0.533. The van der Waals surface area contributed by atoms with E-state index in [2.05, 4.69) is 21.8 Å². The van der Waals surface area contributed by atoms with Gasteiger partial charge in [0.25, 0.3) is 0 Å². The Morgan fingerprint density at radius 3 is 2.48 bits per heavy atom. The van der Waals surface area contributed by atoms with E-state index in [9.17, 15) is 27.6 Å². The SMILES string of the molecule is CN1CNNC1[C@H](c1cc(C#N)cc(-n2cc3c(C(F)(F)F)cc(CN4CCC(C)(F)CC4)cn3c2=O)c1)C1CCC1. The molecule has 0 spiro atoms. The Balaban J connectivity index is 1.43. The molecule has 1 aliphatic carbocycles. The first kappa shape index (κ1) is 28.9. The molecule has 2 aliphatic heterocycles. The molecule has 2 N–H and O–H groups in total. The first-order valence-electron chi connectivity index (χ1n) is 14.4. The highest BCUT2D eigenvalue weighted by atomic mass is 19.4. The van der Waals surface area contributed by atoms with Crippen molar-refractivity contribution in [3.63, 3.8) is 0 Å². The zero-order chi connectivity index (χ0) is 29.8. The third-order valence-electron chi connectivity index (χ3n) is 9.22. The van der Waals surface area contributed by atoms with Crippen LogP contribution in [-0.2, 0) is 12.7 Å². The Labute approximate surface area is 241 Å². The first-order chi connectivity index (χ1) is 19.9. The minimum atomic E-state index is -4.69. The number of imidazole rings is 1. The molecule has 3 aliphatic rings. The van der Waals surface area contributed by atoms with Gasteiger partial charge in [-0.1, -0.05) is 6.42 Å². The first-order valence-corrected chi connectivity index (χ1v) is 14.4. The van der Waals surface area contributed by atoms with E-state index < -0.39 is 23.1 Å². The molecule has 0 bridgehead atoms. The third-order valence-corrected chi connectivity index (χ3v) is 9.22. The fourth-order valence-electron chi connectivity index (χ4n) is 6.57. The van der Waals surface area contributed by atoms with Gasteiger partial charge in [-0.3, -0.25) is 18.8 Å². The van der Waals surface area contributed by atoms with E-state index in [1.807, 2.05) is 24.1 Å². The fourth-order valence-corrected chi connectivity index (χ4v) is 6.57. The number of nitrogens with zero attached hydrogens (tertiary/aromatic N) is 5. The van der Waals surface area contributed by atoms with Crippen molar-refractivity contribution in [1.29, 1.82) is 5.26 Å². The Bertz CT molecular complexity index is 1570. The van der Waals surface area contributed by atoms with Gasteiger partial charge < -0.3 is 0 Å². The van der Waals surface area contributed by atoms with Crippen LogP contribution in [0.25, 0.3) is 11.2 Å². The number of piperidine rings is 1. The van der Waals surface area contributed by atoms with Crippen molar-refractivity contribution in [3.05, 3.63) is 69.4 Å². The van der Waals surface area contributed by atoms with Crippen molar-refractivity contribution in [1.82, 2.24) is 29.6 Å². The van der Waals surface area contributed by atoms with Crippen LogP contribution in [0.2, 0.25) is 0 Å². The molecule has 42 heavy (non-hydrogen) atoms. The van der Waals surface area contributed by atoms with Crippen molar-refractivity contribution in [2.45, 2.75) is 69.5 Å². The predicted molar refractivity (Wildman–Crippen MR) is 150 cm³/mol. The number of aromatic nitrogens is 2. The maximum absolute atomic E-state index is 14.3. The lowest BCUT2D eigenvalue weighted by molar-refractivity contribution is -0.136. The smallest absolute Gasteiger partial charge is 0.299 e. The molecule has 1 unspecified atom stereocenters. The molecular weight excluding hydrogens is 550 g/mol. The standard InChI is InChI=1S/C30H35F4N7O/c1-29(31)6-8-39(9-7-29)15-20-12-24(30(32,33)34)25-17-40(28(42)41(25)16-20)23-11-19(14-35)10-22(13-23)26(21-4-3-5-21)27-37-36-18-38(27)2/h10-13,16-17,21,26-27,36-37H,3-9,15,18H2,1-2H3/t26-,27?/m0/s1. The summed E-state index contributed by atoms with van der Waals surface area (Å²) in [4.78, 5) is 17.8. The molecular formula is C30H35F4N7O. The van der Waals surface area contributed by atoms with Crippen LogP contribution in [0.3, 0.4) is 0 Å². The van der Waals surface area contributed by atoms with Gasteiger partial charge in [0.15, 0.2) is 0 Å². The molecule has 2 atom stereocenters. The quantitative estimate of drug-likeness (QED) is 0.415. The van der Waals surface area contributed by atoms with Crippen molar-refractivity contribution in [3.8, 4) is 11.8 Å². The van der Waals surface area contributed by atoms with Crippen LogP contribution in [0.15, 0.2) is 41.5 Å². The molecule has 4 heterocycles. The Morgan fingerprint density at radius 1 is 1.14 bits per heavy atom. The van der Waals surface area contributed by atoms with E-state index in [0.29, 0.717) is 55.3 Å². The second-order valence-corrected chi connectivity index (χ2v) is 12.3. The number of pyridine rings is 1. The van der Waals surface area contributed by atoms with Gasteiger partial charge in [-0.05, 0) is 81.0 Å². The van der Waals surface area contributed by atoms with Crippen LogP contribution in [0.1, 0.15) is 67.2 Å². The summed E-state index contributed by atoms with van der Waals surface area (Å²) in [5.41, 5.74) is 5.28. The molecule has 3 fully saturated rings. The Morgan fingerprint density at radius 2 is 1.88 bits per heavy atom. The number of nitriles is 1. The summed E-state index contributed by atoms with van der Waals surface area (Å²) in [7, 11) is 2.00. The number of likely N-dealkylation sites (N-methyl/N-ethyl adjacent to an activating group) is 1. The maximum atomic E-state index is 14.3. The number of hydrogen-bond acceptors (Lipinski definition) is 6. The minimum absolute atomic E-state index is 0.0200. The number of benzene rings is 1. The molecule has 3 aromatic rings. The highest BCUT2D eigenvalue weighted by Crippen LogP contribution is 2.43. The molecule has 224 valence electrons. The number of alkyl halides is 4.